The van der Waals surface area contributed by atoms with Gasteiger partial charge in [-0.25, -0.2) is 9.37 Å². The summed E-state index contributed by atoms with van der Waals surface area (Å²) in [6.45, 7) is 0.234. The number of rotatable bonds is 4. The maximum Gasteiger partial charge on any atom is 0.270 e. The van der Waals surface area contributed by atoms with Crippen LogP contribution >= 0.6 is 11.3 Å². The Morgan fingerprint density at radius 3 is 2.74 bits per heavy atom. The third kappa shape index (κ3) is 2.72. The van der Waals surface area contributed by atoms with E-state index in [9.17, 15) is 9.18 Å². The lowest BCUT2D eigenvalue weighted by molar-refractivity contribution is 0.0997. The molecule has 7 heteroatoms. The molecule has 100 valence electrons. The first-order valence-corrected chi connectivity index (χ1v) is 6.35. The van der Waals surface area contributed by atoms with Crippen LogP contribution in [0, 0.1) is 5.82 Å². The standard InChI is InChI=1S/C12H13FN4OS/c1-16-12-9(10(15)18)17-11(19-12)7-2-6(5-14)3-8(13)4-7/h2-4,16H,5,14H2,1H3,(H2,15,18). The highest BCUT2D eigenvalue weighted by Gasteiger charge is 2.16. The maximum atomic E-state index is 13.5. The maximum absolute atomic E-state index is 13.5. The van der Waals surface area contributed by atoms with Crippen molar-refractivity contribution in [2.75, 3.05) is 12.4 Å². The molecule has 1 aromatic carbocycles. The van der Waals surface area contributed by atoms with Gasteiger partial charge in [-0.1, -0.05) is 11.3 Å². The molecule has 0 atom stereocenters. The first-order chi connectivity index (χ1) is 9.05. The number of hydrogen-bond donors (Lipinski definition) is 3. The number of amides is 1. The molecule has 0 fully saturated rings. The van der Waals surface area contributed by atoms with Crippen LogP contribution in [0.1, 0.15) is 16.1 Å². The van der Waals surface area contributed by atoms with Crippen molar-refractivity contribution in [1.82, 2.24) is 4.98 Å². The number of primary amides is 1. The van der Waals surface area contributed by atoms with Crippen LogP contribution < -0.4 is 16.8 Å². The molecule has 0 bridgehead atoms. The quantitative estimate of drug-likeness (QED) is 0.792. The van der Waals surface area contributed by atoms with Gasteiger partial charge in [0, 0.05) is 19.2 Å². The molecule has 5 nitrogen and oxygen atoms in total. The zero-order valence-corrected chi connectivity index (χ0v) is 11.1. The zero-order chi connectivity index (χ0) is 14.0. The molecule has 19 heavy (non-hydrogen) atoms. The molecule has 0 saturated heterocycles. The number of nitrogens with zero attached hydrogens (tertiary/aromatic N) is 1. The number of nitrogens with one attached hydrogen (secondary N) is 1. The van der Waals surface area contributed by atoms with Crippen molar-refractivity contribution in [3.63, 3.8) is 0 Å². The van der Waals surface area contributed by atoms with E-state index in [4.69, 9.17) is 11.5 Å². The van der Waals surface area contributed by atoms with E-state index in [1.165, 1.54) is 23.5 Å². The number of anilines is 1. The molecular formula is C12H13FN4OS. The van der Waals surface area contributed by atoms with Gasteiger partial charge in [0.2, 0.25) is 0 Å². The molecule has 2 rings (SSSR count). The predicted molar refractivity (Wildman–Crippen MR) is 73.5 cm³/mol. The van der Waals surface area contributed by atoms with Gasteiger partial charge in [-0.05, 0) is 23.8 Å². The molecule has 0 radical (unpaired) electrons. The van der Waals surface area contributed by atoms with E-state index in [0.717, 1.165) is 0 Å². The lowest BCUT2D eigenvalue weighted by atomic mass is 10.1. The Balaban J connectivity index is 2.52. The van der Waals surface area contributed by atoms with Crippen LogP contribution in [0.5, 0.6) is 0 Å². The smallest absolute Gasteiger partial charge is 0.270 e. The van der Waals surface area contributed by atoms with Crippen molar-refractivity contribution in [2.24, 2.45) is 11.5 Å². The fraction of sp³-hybridized carbons (Fsp3) is 0.167. The van der Waals surface area contributed by atoms with Gasteiger partial charge in [-0.2, -0.15) is 0 Å². The second-order valence-electron chi connectivity index (χ2n) is 3.86. The van der Waals surface area contributed by atoms with E-state index in [-0.39, 0.29) is 18.1 Å². The number of carbonyl (C=O) groups is 1. The van der Waals surface area contributed by atoms with Gasteiger partial charge in [-0.3, -0.25) is 4.79 Å². The molecule has 0 unspecified atom stereocenters. The fourth-order valence-electron chi connectivity index (χ4n) is 1.67. The number of hydrogen-bond acceptors (Lipinski definition) is 5. The summed E-state index contributed by atoms with van der Waals surface area (Å²) in [5, 5.41) is 3.92. The molecule has 1 heterocycles. The number of carbonyl (C=O) groups excluding carboxylic acids is 1. The highest BCUT2D eigenvalue weighted by atomic mass is 32.1. The second-order valence-corrected chi connectivity index (χ2v) is 4.86. The average molecular weight is 280 g/mol. The molecular weight excluding hydrogens is 267 g/mol. The molecule has 1 amide bonds. The lowest BCUT2D eigenvalue weighted by Crippen LogP contribution is -2.13. The Labute approximate surface area is 113 Å². The van der Waals surface area contributed by atoms with Crippen LogP contribution in [0.2, 0.25) is 0 Å². The summed E-state index contributed by atoms with van der Waals surface area (Å²) in [6, 6.07) is 4.46. The van der Waals surface area contributed by atoms with E-state index in [2.05, 4.69) is 10.3 Å². The summed E-state index contributed by atoms with van der Waals surface area (Å²) in [5.74, 6) is -1.01. The largest absolute Gasteiger partial charge is 0.378 e. The molecule has 0 aliphatic rings. The van der Waals surface area contributed by atoms with E-state index >= 15 is 0 Å². The molecule has 1 aromatic heterocycles. The summed E-state index contributed by atoms with van der Waals surface area (Å²) in [7, 11) is 1.67. The molecule has 0 aliphatic heterocycles. The van der Waals surface area contributed by atoms with Gasteiger partial charge < -0.3 is 16.8 Å². The Hall–Kier alpha value is -1.99. The summed E-state index contributed by atoms with van der Waals surface area (Å²) >= 11 is 1.24. The monoisotopic (exact) mass is 280 g/mol. The van der Waals surface area contributed by atoms with Crippen LogP contribution in [0.15, 0.2) is 18.2 Å². The first kappa shape index (κ1) is 13.4. The fourth-order valence-corrected chi connectivity index (χ4v) is 2.58. The topological polar surface area (TPSA) is 94.0 Å². The number of halogens is 1. The van der Waals surface area contributed by atoms with Gasteiger partial charge >= 0.3 is 0 Å². The highest BCUT2D eigenvalue weighted by molar-refractivity contribution is 7.19. The molecule has 0 aliphatic carbocycles. The van der Waals surface area contributed by atoms with Crippen LogP contribution in [0.3, 0.4) is 0 Å². The van der Waals surface area contributed by atoms with Crippen molar-refractivity contribution < 1.29 is 9.18 Å². The minimum Gasteiger partial charge on any atom is -0.378 e. The Kier molecular flexibility index (Phi) is 3.77. The summed E-state index contributed by atoms with van der Waals surface area (Å²) in [4.78, 5) is 15.4. The van der Waals surface area contributed by atoms with E-state index < -0.39 is 5.91 Å². The second kappa shape index (κ2) is 5.33. The minimum absolute atomic E-state index is 0.154. The third-order valence-corrected chi connectivity index (χ3v) is 3.65. The average Bonchev–Trinajstić information content (AvgIpc) is 2.82. The predicted octanol–water partition coefficient (Wildman–Crippen LogP) is 1.55. The zero-order valence-electron chi connectivity index (χ0n) is 10.2. The Bertz CT molecular complexity index is 626. The van der Waals surface area contributed by atoms with E-state index in [0.29, 0.717) is 21.1 Å². The van der Waals surface area contributed by atoms with Crippen molar-refractivity contribution in [3.8, 4) is 10.6 Å². The summed E-state index contributed by atoms with van der Waals surface area (Å²) in [5.41, 5.74) is 12.1. The molecule has 5 N–H and O–H groups in total. The van der Waals surface area contributed by atoms with Crippen molar-refractivity contribution in [2.45, 2.75) is 6.54 Å². The SMILES string of the molecule is CNc1sc(-c2cc(F)cc(CN)c2)nc1C(N)=O. The van der Waals surface area contributed by atoms with Crippen molar-refractivity contribution in [3.05, 3.63) is 35.3 Å². The normalized spacial score (nSPS) is 10.5. The van der Waals surface area contributed by atoms with Gasteiger partial charge in [-0.15, -0.1) is 0 Å². The van der Waals surface area contributed by atoms with Gasteiger partial charge in [0.15, 0.2) is 5.69 Å². The van der Waals surface area contributed by atoms with Gasteiger partial charge in [0.25, 0.3) is 5.91 Å². The van der Waals surface area contributed by atoms with Gasteiger partial charge in [0.05, 0.1) is 0 Å². The van der Waals surface area contributed by atoms with Crippen LogP contribution in [0.4, 0.5) is 9.39 Å². The summed E-state index contributed by atoms with van der Waals surface area (Å²) < 4.78 is 13.5. The number of thiazole rings is 1. The molecule has 0 spiro atoms. The van der Waals surface area contributed by atoms with E-state index in [1.54, 1.807) is 13.1 Å². The number of benzene rings is 1. The Morgan fingerprint density at radius 1 is 1.47 bits per heavy atom. The minimum atomic E-state index is -0.623. The van der Waals surface area contributed by atoms with Crippen LogP contribution in [0.25, 0.3) is 10.6 Å². The lowest BCUT2D eigenvalue weighted by Gasteiger charge is -2.01. The first-order valence-electron chi connectivity index (χ1n) is 5.53. The van der Waals surface area contributed by atoms with Gasteiger partial charge in [0.1, 0.15) is 15.8 Å². The number of nitrogens with two attached hydrogens (primary N) is 2. The molecule has 2 aromatic rings. The Morgan fingerprint density at radius 2 is 2.21 bits per heavy atom. The highest BCUT2D eigenvalue weighted by Crippen LogP contribution is 2.32. The molecule has 0 saturated carbocycles. The van der Waals surface area contributed by atoms with E-state index in [1.807, 2.05) is 0 Å². The van der Waals surface area contributed by atoms with Crippen molar-refractivity contribution in [1.29, 1.82) is 0 Å². The third-order valence-electron chi connectivity index (χ3n) is 2.53. The van der Waals surface area contributed by atoms with Crippen molar-refractivity contribution >= 4 is 22.2 Å². The van der Waals surface area contributed by atoms with Crippen LogP contribution in [-0.4, -0.2) is 17.9 Å². The summed E-state index contributed by atoms with van der Waals surface area (Å²) in [6.07, 6.45) is 0. The van der Waals surface area contributed by atoms with Crippen LogP contribution in [-0.2, 0) is 6.54 Å². The number of aromatic nitrogens is 1.